The summed E-state index contributed by atoms with van der Waals surface area (Å²) in [6, 6.07) is -0.959. The topological polar surface area (TPSA) is 78.9 Å². The second kappa shape index (κ2) is 7.20. The monoisotopic (exact) mass is 260 g/mol. The van der Waals surface area contributed by atoms with Gasteiger partial charge in [-0.05, 0) is 33.9 Å². The van der Waals surface area contributed by atoms with E-state index < -0.39 is 23.7 Å². The van der Waals surface area contributed by atoms with Crippen LogP contribution in [0.5, 0.6) is 0 Å². The molecule has 1 atom stereocenters. The van der Waals surface area contributed by atoms with Crippen LogP contribution in [0.1, 0.15) is 34.6 Å². The van der Waals surface area contributed by atoms with Crippen molar-refractivity contribution in [2.24, 2.45) is 0 Å². The number of rotatable bonds is 6. The molecule has 2 N–H and O–H groups in total. The summed E-state index contributed by atoms with van der Waals surface area (Å²) in [7, 11) is 0. The fourth-order valence-electron chi connectivity index (χ4n) is 1.38. The first-order valence-electron chi connectivity index (χ1n) is 6.14. The largest absolute Gasteiger partial charge is 0.480 e. The van der Waals surface area contributed by atoms with Crippen molar-refractivity contribution in [3.8, 4) is 0 Å². The first-order chi connectivity index (χ1) is 8.19. The molecule has 0 fully saturated rings. The quantitative estimate of drug-likeness (QED) is 0.752. The first-order valence-corrected chi connectivity index (χ1v) is 6.14. The number of ether oxygens (including phenoxy) is 1. The molecule has 1 amide bonds. The van der Waals surface area contributed by atoms with Crippen LogP contribution in [0.15, 0.2) is 0 Å². The fraction of sp³-hybridized carbons (Fsp3) is 0.833. The predicted octanol–water partition coefficient (Wildman–Crippen LogP) is 1.31. The van der Waals surface area contributed by atoms with Gasteiger partial charge in [-0.2, -0.15) is 0 Å². The highest BCUT2D eigenvalue weighted by Gasteiger charge is 2.25. The Balaban J connectivity index is 4.45. The molecule has 6 nitrogen and oxygen atoms in total. The maximum Gasteiger partial charge on any atom is 0.408 e. The molecule has 0 spiro atoms. The van der Waals surface area contributed by atoms with E-state index in [4.69, 9.17) is 9.84 Å². The van der Waals surface area contributed by atoms with Crippen molar-refractivity contribution in [2.45, 2.75) is 46.3 Å². The van der Waals surface area contributed by atoms with Gasteiger partial charge in [-0.15, -0.1) is 0 Å². The molecule has 18 heavy (non-hydrogen) atoms. The predicted molar refractivity (Wildman–Crippen MR) is 68.6 cm³/mol. The molecule has 0 radical (unpaired) electrons. The van der Waals surface area contributed by atoms with Gasteiger partial charge >= 0.3 is 12.1 Å². The molecule has 0 aliphatic carbocycles. The Kier molecular flexibility index (Phi) is 6.68. The lowest BCUT2D eigenvalue weighted by Crippen LogP contribution is -2.49. The molecule has 0 aromatic carbocycles. The van der Waals surface area contributed by atoms with Crippen LogP contribution in [-0.2, 0) is 9.53 Å². The number of carbonyl (C=O) groups is 2. The van der Waals surface area contributed by atoms with Crippen LogP contribution >= 0.6 is 0 Å². The number of carbonyl (C=O) groups excluding carboxylic acids is 1. The van der Waals surface area contributed by atoms with Crippen LogP contribution in [-0.4, -0.2) is 53.3 Å². The number of amides is 1. The van der Waals surface area contributed by atoms with E-state index in [1.165, 1.54) is 0 Å². The molecule has 0 aliphatic heterocycles. The van der Waals surface area contributed by atoms with Gasteiger partial charge in [0, 0.05) is 6.54 Å². The van der Waals surface area contributed by atoms with Gasteiger partial charge in [-0.3, -0.25) is 0 Å². The summed E-state index contributed by atoms with van der Waals surface area (Å²) in [5.41, 5.74) is -0.637. The second-order valence-corrected chi connectivity index (χ2v) is 5.02. The Morgan fingerprint density at radius 1 is 1.28 bits per heavy atom. The summed E-state index contributed by atoms with van der Waals surface area (Å²) >= 11 is 0. The third kappa shape index (κ3) is 7.11. The normalized spacial score (nSPS) is 13.2. The van der Waals surface area contributed by atoms with Crippen molar-refractivity contribution in [3.63, 3.8) is 0 Å². The molecule has 0 heterocycles. The molecule has 0 bridgehead atoms. The highest BCUT2D eigenvalue weighted by molar-refractivity contribution is 5.80. The molecular formula is C12H24N2O4. The van der Waals surface area contributed by atoms with Crippen molar-refractivity contribution in [2.75, 3.05) is 19.6 Å². The van der Waals surface area contributed by atoms with Crippen molar-refractivity contribution >= 4 is 12.1 Å². The number of hydrogen-bond acceptors (Lipinski definition) is 4. The van der Waals surface area contributed by atoms with Gasteiger partial charge in [0.2, 0.25) is 0 Å². The molecule has 0 unspecified atom stereocenters. The van der Waals surface area contributed by atoms with Gasteiger partial charge in [0.1, 0.15) is 11.6 Å². The Morgan fingerprint density at radius 3 is 2.11 bits per heavy atom. The maximum absolute atomic E-state index is 11.5. The Hall–Kier alpha value is -1.30. The van der Waals surface area contributed by atoms with Crippen molar-refractivity contribution < 1.29 is 19.4 Å². The van der Waals surface area contributed by atoms with E-state index in [9.17, 15) is 9.59 Å². The molecular weight excluding hydrogens is 236 g/mol. The van der Waals surface area contributed by atoms with E-state index in [2.05, 4.69) is 5.32 Å². The summed E-state index contributed by atoms with van der Waals surface area (Å²) in [6.45, 7) is 10.8. The third-order valence-corrected chi connectivity index (χ3v) is 2.32. The Labute approximate surface area is 108 Å². The van der Waals surface area contributed by atoms with Crippen LogP contribution in [0.25, 0.3) is 0 Å². The number of likely N-dealkylation sites (N-methyl/N-ethyl adjacent to an activating group) is 1. The molecule has 0 aromatic rings. The number of alkyl carbamates (subject to hydrolysis) is 1. The number of nitrogens with zero attached hydrogens (tertiary/aromatic N) is 1. The summed E-state index contributed by atoms with van der Waals surface area (Å²) in [6.07, 6.45) is -0.706. The second-order valence-electron chi connectivity index (χ2n) is 5.02. The zero-order chi connectivity index (χ0) is 14.3. The van der Waals surface area contributed by atoms with Crippen LogP contribution in [0.3, 0.4) is 0 Å². The van der Waals surface area contributed by atoms with Crippen molar-refractivity contribution in [1.82, 2.24) is 10.2 Å². The van der Waals surface area contributed by atoms with Gasteiger partial charge < -0.3 is 20.1 Å². The summed E-state index contributed by atoms with van der Waals surface area (Å²) in [5, 5.41) is 11.4. The van der Waals surface area contributed by atoms with Gasteiger partial charge in [0.05, 0.1) is 0 Å². The molecule has 0 saturated carbocycles. The lowest BCUT2D eigenvalue weighted by atomic mass is 10.2. The smallest absolute Gasteiger partial charge is 0.408 e. The minimum Gasteiger partial charge on any atom is -0.480 e. The maximum atomic E-state index is 11.5. The van der Waals surface area contributed by atoms with E-state index in [0.29, 0.717) is 0 Å². The van der Waals surface area contributed by atoms with E-state index in [-0.39, 0.29) is 6.54 Å². The highest BCUT2D eigenvalue weighted by atomic mass is 16.6. The number of carboxylic acid groups (broad SMARTS) is 1. The molecule has 0 rings (SSSR count). The zero-order valence-electron chi connectivity index (χ0n) is 11.8. The minimum atomic E-state index is -1.06. The first kappa shape index (κ1) is 16.7. The standard InChI is InChI=1S/C12H24N2O4/c1-6-14(7-2)8-9(10(15)16)13-11(17)18-12(3,4)5/h9H,6-8H2,1-5H3,(H,13,17)(H,15,16)/t9-/m0/s1. The molecule has 0 aromatic heterocycles. The zero-order valence-corrected chi connectivity index (χ0v) is 11.8. The van der Waals surface area contributed by atoms with Gasteiger partial charge in [0.25, 0.3) is 0 Å². The molecule has 0 aliphatic rings. The van der Waals surface area contributed by atoms with Crippen LogP contribution < -0.4 is 5.32 Å². The van der Waals surface area contributed by atoms with Crippen molar-refractivity contribution in [3.05, 3.63) is 0 Å². The average molecular weight is 260 g/mol. The average Bonchev–Trinajstić information content (AvgIpc) is 2.21. The number of carboxylic acids is 1. The Bertz CT molecular complexity index is 282. The SMILES string of the molecule is CCN(CC)C[C@H](NC(=O)OC(C)(C)C)C(=O)O. The van der Waals surface area contributed by atoms with Gasteiger partial charge in [-0.25, -0.2) is 9.59 Å². The van der Waals surface area contributed by atoms with Crippen molar-refractivity contribution in [1.29, 1.82) is 0 Å². The number of aliphatic carboxylic acids is 1. The fourth-order valence-corrected chi connectivity index (χ4v) is 1.38. The summed E-state index contributed by atoms with van der Waals surface area (Å²) in [5.74, 6) is -1.06. The highest BCUT2D eigenvalue weighted by Crippen LogP contribution is 2.07. The Morgan fingerprint density at radius 2 is 1.78 bits per heavy atom. The van der Waals surface area contributed by atoms with Crippen LogP contribution in [0, 0.1) is 0 Å². The lowest BCUT2D eigenvalue weighted by molar-refractivity contribution is -0.140. The van der Waals surface area contributed by atoms with Gasteiger partial charge in [0.15, 0.2) is 0 Å². The van der Waals surface area contributed by atoms with E-state index in [0.717, 1.165) is 13.1 Å². The van der Waals surface area contributed by atoms with Crippen LogP contribution in [0.2, 0.25) is 0 Å². The number of nitrogens with one attached hydrogen (secondary N) is 1. The van der Waals surface area contributed by atoms with Gasteiger partial charge in [-0.1, -0.05) is 13.8 Å². The minimum absolute atomic E-state index is 0.265. The van der Waals surface area contributed by atoms with Crippen LogP contribution in [0.4, 0.5) is 4.79 Å². The summed E-state index contributed by atoms with van der Waals surface area (Å²) in [4.78, 5) is 24.5. The summed E-state index contributed by atoms with van der Waals surface area (Å²) < 4.78 is 5.04. The van der Waals surface area contributed by atoms with E-state index >= 15 is 0 Å². The lowest BCUT2D eigenvalue weighted by Gasteiger charge is -2.25. The molecule has 0 saturated heterocycles. The third-order valence-electron chi connectivity index (χ3n) is 2.32. The number of hydrogen-bond donors (Lipinski definition) is 2. The van der Waals surface area contributed by atoms with E-state index in [1.807, 2.05) is 18.7 Å². The van der Waals surface area contributed by atoms with E-state index in [1.54, 1.807) is 20.8 Å². The molecule has 6 heteroatoms. The molecule has 106 valence electrons.